The Bertz CT molecular complexity index is 285. The van der Waals surface area contributed by atoms with Gasteiger partial charge in [-0.15, -0.1) is 0 Å². The fourth-order valence-corrected chi connectivity index (χ4v) is 2.22. The molecule has 4 heteroatoms. The summed E-state index contributed by atoms with van der Waals surface area (Å²) >= 11 is 0. The van der Waals surface area contributed by atoms with Gasteiger partial charge in [0.05, 0.1) is 18.1 Å². The molecule has 4 nitrogen and oxygen atoms in total. The van der Waals surface area contributed by atoms with Gasteiger partial charge < -0.3 is 9.47 Å². The Morgan fingerprint density at radius 2 is 2.24 bits per heavy atom. The molecule has 0 amide bonds. The minimum absolute atomic E-state index is 0.0987. The summed E-state index contributed by atoms with van der Waals surface area (Å²) in [5.41, 5.74) is -0.464. The van der Waals surface area contributed by atoms with E-state index < -0.39 is 5.41 Å². The van der Waals surface area contributed by atoms with E-state index in [0.29, 0.717) is 19.4 Å². The third-order valence-electron chi connectivity index (χ3n) is 3.32. The lowest BCUT2D eigenvalue weighted by atomic mass is 9.75. The van der Waals surface area contributed by atoms with E-state index in [9.17, 15) is 9.59 Å². The lowest BCUT2D eigenvalue weighted by molar-refractivity contribution is -0.164. The highest BCUT2D eigenvalue weighted by atomic mass is 16.5. The first-order valence-corrected chi connectivity index (χ1v) is 6.37. The van der Waals surface area contributed by atoms with Gasteiger partial charge in [-0.3, -0.25) is 9.59 Å². The first-order chi connectivity index (χ1) is 8.00. The molecule has 0 unspecified atom stereocenters. The van der Waals surface area contributed by atoms with Crippen molar-refractivity contribution in [2.24, 2.45) is 5.41 Å². The summed E-state index contributed by atoms with van der Waals surface area (Å²) in [5.74, 6) is -0.380. The van der Waals surface area contributed by atoms with Gasteiger partial charge in [-0.1, -0.05) is 6.92 Å². The molecule has 1 fully saturated rings. The van der Waals surface area contributed by atoms with Crippen molar-refractivity contribution in [3.8, 4) is 0 Å². The van der Waals surface area contributed by atoms with Crippen molar-refractivity contribution in [2.75, 3.05) is 6.61 Å². The average molecular weight is 242 g/mol. The summed E-state index contributed by atoms with van der Waals surface area (Å²) in [6, 6.07) is 0. The molecule has 0 radical (unpaired) electrons. The number of carbonyl (C=O) groups is 2. The highest BCUT2D eigenvalue weighted by Crippen LogP contribution is 2.37. The summed E-state index contributed by atoms with van der Waals surface area (Å²) in [6.07, 6.45) is 3.16. The van der Waals surface area contributed by atoms with E-state index in [2.05, 4.69) is 0 Å². The third-order valence-corrected chi connectivity index (χ3v) is 3.32. The van der Waals surface area contributed by atoms with Crippen molar-refractivity contribution < 1.29 is 19.1 Å². The van der Waals surface area contributed by atoms with Crippen LogP contribution < -0.4 is 0 Å². The quantitative estimate of drug-likeness (QED) is 0.695. The number of cyclic esters (lactones) is 1. The van der Waals surface area contributed by atoms with Crippen LogP contribution in [-0.2, 0) is 19.1 Å². The molecule has 17 heavy (non-hydrogen) atoms. The van der Waals surface area contributed by atoms with Gasteiger partial charge in [0, 0.05) is 6.42 Å². The highest BCUT2D eigenvalue weighted by molar-refractivity contribution is 5.78. The van der Waals surface area contributed by atoms with Crippen molar-refractivity contribution in [3.63, 3.8) is 0 Å². The van der Waals surface area contributed by atoms with Gasteiger partial charge in [0.1, 0.15) is 0 Å². The monoisotopic (exact) mass is 242 g/mol. The summed E-state index contributed by atoms with van der Waals surface area (Å²) < 4.78 is 10.2. The SMILES string of the molecule is CC[C@@]1(CCC(=O)OC(C)C)CCCOC1=O. The molecular weight excluding hydrogens is 220 g/mol. The molecule has 98 valence electrons. The number of ether oxygens (including phenoxy) is 2. The van der Waals surface area contributed by atoms with Gasteiger partial charge in [-0.2, -0.15) is 0 Å². The number of hydrogen-bond acceptors (Lipinski definition) is 4. The maximum Gasteiger partial charge on any atom is 0.312 e. The topological polar surface area (TPSA) is 52.6 Å². The van der Waals surface area contributed by atoms with E-state index in [1.165, 1.54) is 0 Å². The summed E-state index contributed by atoms with van der Waals surface area (Å²) in [6.45, 7) is 6.13. The van der Waals surface area contributed by atoms with Crippen LogP contribution in [0.4, 0.5) is 0 Å². The van der Waals surface area contributed by atoms with E-state index in [1.807, 2.05) is 20.8 Å². The summed E-state index contributed by atoms with van der Waals surface area (Å²) in [7, 11) is 0. The molecule has 0 saturated carbocycles. The van der Waals surface area contributed by atoms with Crippen LogP contribution in [0, 0.1) is 5.41 Å². The molecule has 0 spiro atoms. The van der Waals surface area contributed by atoms with E-state index in [-0.39, 0.29) is 18.0 Å². The maximum absolute atomic E-state index is 11.8. The van der Waals surface area contributed by atoms with Crippen LogP contribution in [-0.4, -0.2) is 24.6 Å². The van der Waals surface area contributed by atoms with Gasteiger partial charge >= 0.3 is 11.9 Å². The first-order valence-electron chi connectivity index (χ1n) is 6.37. The van der Waals surface area contributed by atoms with Crippen LogP contribution in [0.5, 0.6) is 0 Å². The van der Waals surface area contributed by atoms with Crippen molar-refractivity contribution in [1.29, 1.82) is 0 Å². The Morgan fingerprint density at radius 3 is 2.76 bits per heavy atom. The Kier molecular flexibility index (Phi) is 4.97. The van der Waals surface area contributed by atoms with Crippen LogP contribution in [0.1, 0.15) is 52.9 Å². The Hall–Kier alpha value is -1.06. The molecule has 1 aliphatic rings. The fourth-order valence-electron chi connectivity index (χ4n) is 2.22. The zero-order valence-corrected chi connectivity index (χ0v) is 11.0. The van der Waals surface area contributed by atoms with E-state index in [0.717, 1.165) is 19.3 Å². The Balaban J connectivity index is 2.51. The molecule has 0 aromatic rings. The molecule has 1 rings (SSSR count). The van der Waals surface area contributed by atoms with E-state index in [4.69, 9.17) is 9.47 Å². The molecule has 0 bridgehead atoms. The minimum Gasteiger partial charge on any atom is -0.465 e. The van der Waals surface area contributed by atoms with Crippen LogP contribution in [0.25, 0.3) is 0 Å². The first kappa shape index (κ1) is 14.0. The van der Waals surface area contributed by atoms with Gasteiger partial charge in [0.2, 0.25) is 0 Å². The fraction of sp³-hybridized carbons (Fsp3) is 0.846. The van der Waals surface area contributed by atoms with Crippen LogP contribution in [0.3, 0.4) is 0 Å². The van der Waals surface area contributed by atoms with Gasteiger partial charge in [-0.05, 0) is 39.5 Å². The summed E-state index contributed by atoms with van der Waals surface area (Å²) in [5, 5.41) is 0. The second kappa shape index (κ2) is 6.03. The van der Waals surface area contributed by atoms with Gasteiger partial charge in [0.15, 0.2) is 0 Å². The standard InChI is InChI=1S/C13H22O4/c1-4-13(7-5-9-16-12(13)15)8-6-11(14)17-10(2)3/h10H,4-9H2,1-3H3/t13-/m0/s1. The van der Waals surface area contributed by atoms with Crippen molar-refractivity contribution in [2.45, 2.75) is 59.0 Å². The van der Waals surface area contributed by atoms with Crippen LogP contribution in [0.15, 0.2) is 0 Å². The van der Waals surface area contributed by atoms with Gasteiger partial charge in [-0.25, -0.2) is 0 Å². The minimum atomic E-state index is -0.464. The Morgan fingerprint density at radius 1 is 1.53 bits per heavy atom. The average Bonchev–Trinajstić information content (AvgIpc) is 2.28. The second-order valence-electron chi connectivity index (χ2n) is 4.91. The zero-order chi connectivity index (χ0) is 12.9. The van der Waals surface area contributed by atoms with E-state index in [1.54, 1.807) is 0 Å². The largest absolute Gasteiger partial charge is 0.465 e. The lowest BCUT2D eigenvalue weighted by Crippen LogP contribution is -2.37. The predicted molar refractivity (Wildman–Crippen MR) is 63.4 cm³/mol. The van der Waals surface area contributed by atoms with Crippen molar-refractivity contribution in [1.82, 2.24) is 0 Å². The smallest absolute Gasteiger partial charge is 0.312 e. The van der Waals surface area contributed by atoms with Crippen LogP contribution >= 0.6 is 0 Å². The lowest BCUT2D eigenvalue weighted by Gasteiger charge is -2.33. The van der Waals surface area contributed by atoms with Crippen molar-refractivity contribution in [3.05, 3.63) is 0 Å². The molecule has 1 heterocycles. The number of hydrogen-bond donors (Lipinski definition) is 0. The predicted octanol–water partition coefficient (Wildman–Crippen LogP) is 2.45. The number of rotatable bonds is 5. The molecule has 1 saturated heterocycles. The molecule has 0 N–H and O–H groups in total. The molecular formula is C13H22O4. The highest BCUT2D eigenvalue weighted by Gasteiger charge is 2.40. The second-order valence-corrected chi connectivity index (χ2v) is 4.91. The number of carbonyl (C=O) groups excluding carboxylic acids is 2. The van der Waals surface area contributed by atoms with E-state index >= 15 is 0 Å². The maximum atomic E-state index is 11.8. The van der Waals surface area contributed by atoms with Crippen molar-refractivity contribution >= 4 is 11.9 Å². The molecule has 1 atom stereocenters. The summed E-state index contributed by atoms with van der Waals surface area (Å²) in [4.78, 5) is 23.3. The van der Waals surface area contributed by atoms with Gasteiger partial charge in [0.25, 0.3) is 0 Å². The zero-order valence-electron chi connectivity index (χ0n) is 11.0. The molecule has 0 aliphatic carbocycles. The molecule has 0 aromatic carbocycles. The normalized spacial score (nSPS) is 24.6. The number of esters is 2. The Labute approximate surface area is 103 Å². The molecule has 1 aliphatic heterocycles. The molecule has 0 aromatic heterocycles. The third kappa shape index (κ3) is 3.72. The van der Waals surface area contributed by atoms with Crippen LogP contribution in [0.2, 0.25) is 0 Å².